The first kappa shape index (κ1) is 10.5. The molecule has 0 unspecified atom stereocenters. The Labute approximate surface area is 100 Å². The molecule has 2 atom stereocenters. The third-order valence-corrected chi connectivity index (χ3v) is 3.85. The van der Waals surface area contributed by atoms with Crippen LogP contribution in [0.15, 0.2) is 23.0 Å². The Morgan fingerprint density at radius 3 is 3.06 bits per heavy atom. The number of hydrogen-bond donors (Lipinski definition) is 0. The molecule has 17 heavy (non-hydrogen) atoms. The van der Waals surface area contributed by atoms with Crippen LogP contribution in [-0.4, -0.2) is 29.1 Å². The van der Waals surface area contributed by atoms with Crippen LogP contribution in [0.25, 0.3) is 0 Å². The molecule has 1 saturated heterocycles. The second-order valence-corrected chi connectivity index (χ2v) is 5.05. The van der Waals surface area contributed by atoms with Crippen LogP contribution in [0.2, 0.25) is 0 Å². The molecule has 4 nitrogen and oxygen atoms in total. The highest BCUT2D eigenvalue weighted by molar-refractivity contribution is 5.17. The molecule has 2 aliphatic heterocycles. The van der Waals surface area contributed by atoms with E-state index in [2.05, 4.69) is 17.0 Å². The van der Waals surface area contributed by atoms with Crippen molar-refractivity contribution in [2.24, 2.45) is 5.92 Å². The first-order chi connectivity index (χ1) is 8.28. The predicted molar refractivity (Wildman–Crippen MR) is 63.6 cm³/mol. The highest BCUT2D eigenvalue weighted by Crippen LogP contribution is 2.34. The standard InChI is InChI=1S/C13H15N3O/c14-4-5-15-7-10-6-11(9-15)12-2-1-3-13(17)16(12)8-10/h1-3,10-11H,5-9H2/t10-,11+/m1/s1. The van der Waals surface area contributed by atoms with Crippen LogP contribution in [0.4, 0.5) is 0 Å². The van der Waals surface area contributed by atoms with E-state index in [4.69, 9.17) is 5.26 Å². The van der Waals surface area contributed by atoms with E-state index >= 15 is 0 Å². The van der Waals surface area contributed by atoms with Crippen molar-refractivity contribution in [2.75, 3.05) is 19.6 Å². The van der Waals surface area contributed by atoms with Crippen molar-refractivity contribution in [3.8, 4) is 6.07 Å². The van der Waals surface area contributed by atoms with Crippen molar-refractivity contribution >= 4 is 0 Å². The van der Waals surface area contributed by atoms with Gasteiger partial charge in [0.2, 0.25) is 0 Å². The second kappa shape index (κ2) is 4.01. The van der Waals surface area contributed by atoms with Crippen molar-refractivity contribution in [1.82, 2.24) is 9.47 Å². The summed E-state index contributed by atoms with van der Waals surface area (Å²) in [7, 11) is 0. The number of likely N-dealkylation sites (tertiary alicyclic amines) is 1. The highest BCUT2D eigenvalue weighted by atomic mass is 16.1. The number of nitriles is 1. The van der Waals surface area contributed by atoms with Crippen molar-refractivity contribution < 1.29 is 0 Å². The van der Waals surface area contributed by atoms with Gasteiger partial charge in [-0.05, 0) is 18.4 Å². The van der Waals surface area contributed by atoms with Crippen LogP contribution in [0, 0.1) is 17.2 Å². The molecule has 0 aliphatic carbocycles. The highest BCUT2D eigenvalue weighted by Gasteiger charge is 2.34. The zero-order valence-corrected chi connectivity index (χ0v) is 9.67. The minimum absolute atomic E-state index is 0.117. The summed E-state index contributed by atoms with van der Waals surface area (Å²) in [6.07, 6.45) is 1.16. The predicted octanol–water partition coefficient (Wildman–Crippen LogP) is 0.791. The zero-order chi connectivity index (χ0) is 11.8. The summed E-state index contributed by atoms with van der Waals surface area (Å²) < 4.78 is 1.92. The Kier molecular flexibility index (Phi) is 2.49. The zero-order valence-electron chi connectivity index (χ0n) is 9.67. The van der Waals surface area contributed by atoms with Crippen molar-refractivity contribution in [3.05, 3.63) is 34.2 Å². The molecule has 1 aromatic heterocycles. The first-order valence-electron chi connectivity index (χ1n) is 6.07. The molecule has 1 aromatic rings. The Bertz CT molecular complexity index is 528. The molecule has 3 heterocycles. The third-order valence-electron chi connectivity index (χ3n) is 3.85. The summed E-state index contributed by atoms with van der Waals surface area (Å²) in [4.78, 5) is 14.0. The fraction of sp³-hybridized carbons (Fsp3) is 0.538. The molecule has 4 heteroatoms. The first-order valence-corrected chi connectivity index (χ1v) is 6.07. The number of hydrogen-bond acceptors (Lipinski definition) is 3. The number of piperidine rings is 1. The van der Waals surface area contributed by atoms with Crippen LogP contribution in [0.3, 0.4) is 0 Å². The van der Waals surface area contributed by atoms with Crippen molar-refractivity contribution in [3.63, 3.8) is 0 Å². The van der Waals surface area contributed by atoms with Gasteiger partial charge in [-0.25, -0.2) is 0 Å². The second-order valence-electron chi connectivity index (χ2n) is 5.05. The smallest absolute Gasteiger partial charge is 0.250 e. The molecule has 0 aromatic carbocycles. The maximum Gasteiger partial charge on any atom is 0.250 e. The molecule has 1 fully saturated rings. The number of pyridine rings is 1. The SMILES string of the molecule is N#CCN1C[C@H]2C[C@@H](C1)c1cccc(=O)n1C2. The molecular formula is C13H15N3O. The Balaban J connectivity index is 1.96. The van der Waals surface area contributed by atoms with Gasteiger partial charge in [0, 0.05) is 37.3 Å². The van der Waals surface area contributed by atoms with Crippen LogP contribution in [0.5, 0.6) is 0 Å². The normalized spacial score (nSPS) is 27.2. The lowest BCUT2D eigenvalue weighted by Gasteiger charge is -2.41. The lowest BCUT2D eigenvalue weighted by Crippen LogP contribution is -2.47. The average Bonchev–Trinajstić information content (AvgIpc) is 2.31. The van der Waals surface area contributed by atoms with Gasteiger partial charge in [-0.2, -0.15) is 5.26 Å². The molecule has 3 rings (SSSR count). The number of rotatable bonds is 1. The average molecular weight is 229 g/mol. The maximum absolute atomic E-state index is 11.8. The minimum Gasteiger partial charge on any atom is -0.312 e. The van der Waals surface area contributed by atoms with Crippen LogP contribution < -0.4 is 5.56 Å². The van der Waals surface area contributed by atoms with Gasteiger partial charge in [-0.1, -0.05) is 6.07 Å². The lowest BCUT2D eigenvalue weighted by atomic mass is 9.83. The summed E-state index contributed by atoms with van der Waals surface area (Å²) >= 11 is 0. The molecule has 0 spiro atoms. The minimum atomic E-state index is 0.117. The van der Waals surface area contributed by atoms with Gasteiger partial charge in [0.1, 0.15) is 0 Å². The Morgan fingerprint density at radius 2 is 2.24 bits per heavy atom. The largest absolute Gasteiger partial charge is 0.312 e. The monoisotopic (exact) mass is 229 g/mol. The van der Waals surface area contributed by atoms with Crippen LogP contribution >= 0.6 is 0 Å². The summed E-state index contributed by atoms with van der Waals surface area (Å²) in [5.74, 6) is 0.944. The van der Waals surface area contributed by atoms with Crippen LogP contribution in [-0.2, 0) is 6.54 Å². The van der Waals surface area contributed by atoms with E-state index < -0.39 is 0 Å². The van der Waals surface area contributed by atoms with Gasteiger partial charge in [-0.3, -0.25) is 9.69 Å². The Morgan fingerprint density at radius 1 is 1.35 bits per heavy atom. The van der Waals surface area contributed by atoms with E-state index in [1.165, 1.54) is 0 Å². The van der Waals surface area contributed by atoms with E-state index in [1.807, 2.05) is 10.6 Å². The van der Waals surface area contributed by atoms with E-state index in [1.54, 1.807) is 6.07 Å². The van der Waals surface area contributed by atoms with Crippen LogP contribution in [0.1, 0.15) is 18.0 Å². The van der Waals surface area contributed by atoms with Gasteiger partial charge in [0.25, 0.3) is 5.56 Å². The van der Waals surface area contributed by atoms with Crippen molar-refractivity contribution in [1.29, 1.82) is 5.26 Å². The van der Waals surface area contributed by atoms with Gasteiger partial charge < -0.3 is 4.57 Å². The summed E-state index contributed by atoms with van der Waals surface area (Å²) in [6.45, 7) is 3.18. The maximum atomic E-state index is 11.8. The van der Waals surface area contributed by atoms with E-state index in [9.17, 15) is 4.79 Å². The van der Waals surface area contributed by atoms with E-state index in [0.29, 0.717) is 18.4 Å². The van der Waals surface area contributed by atoms with Gasteiger partial charge in [0.05, 0.1) is 12.6 Å². The molecule has 88 valence electrons. The summed E-state index contributed by atoms with van der Waals surface area (Å²) in [6, 6.07) is 7.75. The fourth-order valence-corrected chi connectivity index (χ4v) is 3.22. The molecule has 0 amide bonds. The fourth-order valence-electron chi connectivity index (χ4n) is 3.22. The van der Waals surface area contributed by atoms with Gasteiger partial charge in [0.15, 0.2) is 0 Å². The summed E-state index contributed by atoms with van der Waals surface area (Å²) in [5.41, 5.74) is 1.27. The quantitative estimate of drug-likeness (QED) is 0.669. The van der Waals surface area contributed by atoms with Gasteiger partial charge in [-0.15, -0.1) is 0 Å². The topological polar surface area (TPSA) is 49.0 Å². The lowest BCUT2D eigenvalue weighted by molar-refractivity contribution is 0.133. The molecule has 2 bridgehead atoms. The molecule has 0 radical (unpaired) electrons. The third kappa shape index (κ3) is 1.77. The molecule has 0 saturated carbocycles. The number of fused-ring (bicyclic) bond motifs is 4. The number of nitrogens with zero attached hydrogens (tertiary/aromatic N) is 3. The van der Waals surface area contributed by atoms with Gasteiger partial charge >= 0.3 is 0 Å². The molecule has 0 N–H and O–H groups in total. The number of aromatic nitrogens is 1. The van der Waals surface area contributed by atoms with E-state index in [0.717, 1.165) is 31.7 Å². The van der Waals surface area contributed by atoms with E-state index in [-0.39, 0.29) is 5.56 Å². The molecule has 2 aliphatic rings. The Hall–Kier alpha value is -1.60. The summed E-state index contributed by atoms with van der Waals surface area (Å²) in [5, 5.41) is 8.77. The van der Waals surface area contributed by atoms with Crippen molar-refractivity contribution in [2.45, 2.75) is 18.9 Å². The molecular weight excluding hydrogens is 214 g/mol.